The molecule has 1 aromatic heterocycles. The second-order valence-corrected chi connectivity index (χ2v) is 5.91. The summed E-state index contributed by atoms with van der Waals surface area (Å²) in [6.07, 6.45) is 4.72. The predicted octanol–water partition coefficient (Wildman–Crippen LogP) is 1.84. The van der Waals surface area contributed by atoms with E-state index in [1.54, 1.807) is 32.4 Å². The van der Waals surface area contributed by atoms with Crippen molar-refractivity contribution in [2.75, 3.05) is 26.0 Å². The van der Waals surface area contributed by atoms with Gasteiger partial charge < -0.3 is 15.3 Å². The van der Waals surface area contributed by atoms with E-state index in [0.717, 1.165) is 24.9 Å². The lowest BCUT2D eigenvalue weighted by Gasteiger charge is -2.41. The number of nitrogens with one attached hydrogen (secondary N) is 1. The number of carboxylic acids is 1. The Bertz CT molecular complexity index is 539. The molecule has 1 aliphatic rings. The lowest BCUT2D eigenvalue weighted by molar-refractivity contribution is -0.141. The highest BCUT2D eigenvalue weighted by atomic mass is 16.4. The van der Waals surface area contributed by atoms with Crippen molar-refractivity contribution in [1.29, 1.82) is 0 Å². The Morgan fingerprint density at radius 2 is 2.14 bits per heavy atom. The van der Waals surface area contributed by atoms with Crippen LogP contribution in [0.1, 0.15) is 36.2 Å². The minimum atomic E-state index is -0.755. The van der Waals surface area contributed by atoms with Crippen LogP contribution in [0.15, 0.2) is 18.3 Å². The number of anilines is 1. The van der Waals surface area contributed by atoms with Gasteiger partial charge in [-0.1, -0.05) is 6.42 Å². The molecule has 1 heterocycles. The summed E-state index contributed by atoms with van der Waals surface area (Å²) in [5.74, 6) is -0.905. The fourth-order valence-corrected chi connectivity index (χ4v) is 2.59. The summed E-state index contributed by atoms with van der Waals surface area (Å²) in [7, 11) is 3.36. The van der Waals surface area contributed by atoms with Gasteiger partial charge in [-0.15, -0.1) is 0 Å². The van der Waals surface area contributed by atoms with E-state index in [1.165, 1.54) is 4.90 Å². The largest absolute Gasteiger partial charge is 0.481 e. The zero-order valence-corrected chi connectivity index (χ0v) is 12.4. The molecule has 0 bridgehead atoms. The summed E-state index contributed by atoms with van der Waals surface area (Å²) >= 11 is 0. The number of nitrogens with zero attached hydrogens (tertiary/aromatic N) is 2. The van der Waals surface area contributed by atoms with E-state index >= 15 is 0 Å². The van der Waals surface area contributed by atoms with Crippen molar-refractivity contribution in [3.63, 3.8) is 0 Å². The molecule has 0 atom stereocenters. The number of rotatable bonds is 6. The Morgan fingerprint density at radius 3 is 2.67 bits per heavy atom. The summed E-state index contributed by atoms with van der Waals surface area (Å²) in [6, 6.07) is 3.50. The van der Waals surface area contributed by atoms with Gasteiger partial charge in [-0.25, -0.2) is 0 Å². The third-order valence-electron chi connectivity index (χ3n) is 3.99. The average Bonchev–Trinajstić information content (AvgIpc) is 2.40. The minimum Gasteiger partial charge on any atom is -0.481 e. The molecule has 1 fully saturated rings. The van der Waals surface area contributed by atoms with Crippen molar-refractivity contribution in [2.24, 2.45) is 5.41 Å². The lowest BCUT2D eigenvalue weighted by Crippen LogP contribution is -2.38. The first-order chi connectivity index (χ1) is 9.92. The van der Waals surface area contributed by atoms with Crippen LogP contribution in [0.25, 0.3) is 0 Å². The van der Waals surface area contributed by atoms with Crippen molar-refractivity contribution in [3.05, 3.63) is 24.0 Å². The zero-order chi connectivity index (χ0) is 15.5. The van der Waals surface area contributed by atoms with Crippen LogP contribution in [-0.2, 0) is 4.79 Å². The van der Waals surface area contributed by atoms with Crippen molar-refractivity contribution < 1.29 is 14.7 Å². The number of hydrogen-bond acceptors (Lipinski definition) is 4. The molecule has 21 heavy (non-hydrogen) atoms. The molecule has 0 spiro atoms. The van der Waals surface area contributed by atoms with Crippen LogP contribution in [0.4, 0.5) is 5.69 Å². The molecule has 0 unspecified atom stereocenters. The first kappa shape index (κ1) is 15.3. The number of carbonyl (C=O) groups is 2. The van der Waals surface area contributed by atoms with Crippen molar-refractivity contribution in [2.45, 2.75) is 25.7 Å². The SMILES string of the molecule is CN(C)C(=O)c1cc(NCC2(CC(=O)O)CCC2)ccn1. The van der Waals surface area contributed by atoms with Gasteiger partial charge in [0.25, 0.3) is 5.91 Å². The minimum absolute atomic E-state index is 0.150. The van der Waals surface area contributed by atoms with Crippen LogP contribution in [0.5, 0.6) is 0 Å². The number of pyridine rings is 1. The Labute approximate surface area is 124 Å². The van der Waals surface area contributed by atoms with Crippen LogP contribution in [-0.4, -0.2) is 47.5 Å². The smallest absolute Gasteiger partial charge is 0.303 e. The van der Waals surface area contributed by atoms with Gasteiger partial charge in [0.2, 0.25) is 0 Å². The first-order valence-corrected chi connectivity index (χ1v) is 7.05. The Hall–Kier alpha value is -2.11. The summed E-state index contributed by atoms with van der Waals surface area (Å²) in [5.41, 5.74) is 1.03. The summed E-state index contributed by atoms with van der Waals surface area (Å²) in [5, 5.41) is 12.3. The van der Waals surface area contributed by atoms with Crippen molar-refractivity contribution >= 4 is 17.6 Å². The highest BCUT2D eigenvalue weighted by Crippen LogP contribution is 2.44. The summed E-state index contributed by atoms with van der Waals surface area (Å²) < 4.78 is 0. The number of carboxylic acid groups (broad SMARTS) is 1. The fourth-order valence-electron chi connectivity index (χ4n) is 2.59. The molecule has 0 aliphatic heterocycles. The summed E-state index contributed by atoms with van der Waals surface area (Å²) in [6.45, 7) is 0.610. The maximum absolute atomic E-state index is 11.9. The van der Waals surface area contributed by atoms with E-state index in [4.69, 9.17) is 5.11 Å². The van der Waals surface area contributed by atoms with E-state index < -0.39 is 5.97 Å². The van der Waals surface area contributed by atoms with Crippen LogP contribution < -0.4 is 5.32 Å². The molecule has 114 valence electrons. The third kappa shape index (κ3) is 3.71. The highest BCUT2D eigenvalue weighted by molar-refractivity contribution is 5.92. The molecular weight excluding hydrogens is 270 g/mol. The standard InChI is InChI=1S/C15H21N3O3/c1-18(2)14(21)12-8-11(4-7-16-12)17-10-15(5-3-6-15)9-13(19)20/h4,7-8H,3,5-6,9-10H2,1-2H3,(H,16,17)(H,19,20). The van der Waals surface area contributed by atoms with Gasteiger partial charge in [0, 0.05) is 32.5 Å². The Kier molecular flexibility index (Phi) is 4.45. The molecule has 1 amide bonds. The molecule has 0 aromatic carbocycles. The van der Waals surface area contributed by atoms with Crippen LogP contribution in [0.3, 0.4) is 0 Å². The molecular formula is C15H21N3O3. The predicted molar refractivity (Wildman–Crippen MR) is 79.3 cm³/mol. The van der Waals surface area contributed by atoms with Gasteiger partial charge in [0.1, 0.15) is 5.69 Å². The molecule has 1 aromatic rings. The monoisotopic (exact) mass is 291 g/mol. The first-order valence-electron chi connectivity index (χ1n) is 7.05. The number of aliphatic carboxylic acids is 1. The Balaban J connectivity index is 2.01. The third-order valence-corrected chi connectivity index (χ3v) is 3.99. The van der Waals surface area contributed by atoms with Gasteiger partial charge in [0.15, 0.2) is 0 Å². The highest BCUT2D eigenvalue weighted by Gasteiger charge is 2.38. The quantitative estimate of drug-likeness (QED) is 0.835. The van der Waals surface area contributed by atoms with E-state index in [2.05, 4.69) is 10.3 Å². The maximum atomic E-state index is 11.9. The van der Waals surface area contributed by atoms with E-state index in [1.807, 2.05) is 0 Å². The van der Waals surface area contributed by atoms with Crippen LogP contribution in [0, 0.1) is 5.41 Å². The number of amides is 1. The van der Waals surface area contributed by atoms with E-state index in [0.29, 0.717) is 12.2 Å². The van der Waals surface area contributed by atoms with Crippen molar-refractivity contribution in [3.8, 4) is 0 Å². The van der Waals surface area contributed by atoms with Gasteiger partial charge in [-0.3, -0.25) is 14.6 Å². The fraction of sp³-hybridized carbons (Fsp3) is 0.533. The molecule has 1 aliphatic carbocycles. The van der Waals surface area contributed by atoms with Gasteiger partial charge in [-0.2, -0.15) is 0 Å². The average molecular weight is 291 g/mol. The topological polar surface area (TPSA) is 82.5 Å². The zero-order valence-electron chi connectivity index (χ0n) is 12.4. The number of hydrogen-bond donors (Lipinski definition) is 2. The second-order valence-electron chi connectivity index (χ2n) is 5.91. The van der Waals surface area contributed by atoms with Crippen molar-refractivity contribution in [1.82, 2.24) is 9.88 Å². The number of carbonyl (C=O) groups excluding carboxylic acids is 1. The molecule has 0 saturated heterocycles. The second kappa shape index (κ2) is 6.11. The molecule has 0 radical (unpaired) electrons. The van der Waals surface area contributed by atoms with Gasteiger partial charge in [-0.05, 0) is 30.4 Å². The summed E-state index contributed by atoms with van der Waals surface area (Å²) in [4.78, 5) is 28.4. The Morgan fingerprint density at radius 1 is 1.43 bits per heavy atom. The van der Waals surface area contributed by atoms with Crippen LogP contribution >= 0.6 is 0 Å². The molecule has 1 saturated carbocycles. The molecule has 6 heteroatoms. The maximum Gasteiger partial charge on any atom is 0.303 e. The van der Waals surface area contributed by atoms with Gasteiger partial charge in [0.05, 0.1) is 6.42 Å². The normalized spacial score (nSPS) is 15.9. The van der Waals surface area contributed by atoms with Gasteiger partial charge >= 0.3 is 5.97 Å². The molecule has 6 nitrogen and oxygen atoms in total. The van der Waals surface area contributed by atoms with Crippen LogP contribution in [0.2, 0.25) is 0 Å². The van der Waals surface area contributed by atoms with E-state index in [9.17, 15) is 9.59 Å². The van der Waals surface area contributed by atoms with E-state index in [-0.39, 0.29) is 17.7 Å². The number of aromatic nitrogens is 1. The lowest BCUT2D eigenvalue weighted by atomic mass is 9.66. The molecule has 2 N–H and O–H groups in total. The molecule has 2 rings (SSSR count).